The van der Waals surface area contributed by atoms with Crippen LogP contribution in [0.5, 0.6) is 0 Å². The third-order valence-electron chi connectivity index (χ3n) is 4.90. The summed E-state index contributed by atoms with van der Waals surface area (Å²) in [7, 11) is 0. The topological polar surface area (TPSA) is 49.6 Å². The number of carbonyl (C=O) groups excluding carboxylic acids is 1. The fraction of sp³-hybridized carbons (Fsp3) is 0.588. The second kappa shape index (κ2) is 7.44. The lowest BCUT2D eigenvalue weighted by Crippen LogP contribution is -2.50. The van der Waals surface area contributed by atoms with Gasteiger partial charge >= 0.3 is 0 Å². The molecule has 2 unspecified atom stereocenters. The Morgan fingerprint density at radius 1 is 1.27 bits per heavy atom. The summed E-state index contributed by atoms with van der Waals surface area (Å²) >= 11 is 0. The summed E-state index contributed by atoms with van der Waals surface area (Å²) in [6.45, 7) is 6.22. The second-order valence-electron chi connectivity index (χ2n) is 6.50. The van der Waals surface area contributed by atoms with E-state index in [1.165, 1.54) is 11.1 Å². The van der Waals surface area contributed by atoms with Crippen LogP contribution in [0, 0.1) is 5.92 Å². The Hall–Kier alpha value is -1.10. The van der Waals surface area contributed by atoms with Crippen molar-refractivity contribution < 1.29 is 4.79 Å². The molecular weight excluding hydrogens is 298 g/mol. The number of rotatable bonds is 2. The minimum Gasteiger partial charge on any atom is -0.337 e. The van der Waals surface area contributed by atoms with Crippen LogP contribution in [-0.4, -0.2) is 47.9 Å². The molecule has 1 saturated heterocycles. The molecule has 2 aliphatic heterocycles. The molecule has 0 saturated carbocycles. The summed E-state index contributed by atoms with van der Waals surface area (Å²) in [6, 6.07) is 8.73. The molecule has 0 bridgehead atoms. The van der Waals surface area contributed by atoms with Gasteiger partial charge in [0.2, 0.25) is 5.91 Å². The van der Waals surface area contributed by atoms with Crippen LogP contribution in [0.3, 0.4) is 0 Å². The van der Waals surface area contributed by atoms with Gasteiger partial charge in [-0.1, -0.05) is 31.2 Å². The summed E-state index contributed by atoms with van der Waals surface area (Å²) in [4.78, 5) is 16.8. The van der Waals surface area contributed by atoms with Crippen molar-refractivity contribution in [2.24, 2.45) is 11.7 Å². The van der Waals surface area contributed by atoms with Crippen molar-refractivity contribution >= 4 is 18.3 Å². The van der Waals surface area contributed by atoms with Gasteiger partial charge in [-0.05, 0) is 29.9 Å². The highest BCUT2D eigenvalue weighted by atomic mass is 35.5. The molecule has 0 aromatic heterocycles. The quantitative estimate of drug-likeness (QED) is 0.900. The molecule has 2 N–H and O–H groups in total. The van der Waals surface area contributed by atoms with Crippen molar-refractivity contribution in [1.29, 1.82) is 0 Å². The van der Waals surface area contributed by atoms with Crippen molar-refractivity contribution in [2.45, 2.75) is 32.4 Å². The fourth-order valence-electron chi connectivity index (χ4n) is 3.39. The van der Waals surface area contributed by atoms with E-state index in [-0.39, 0.29) is 18.3 Å². The van der Waals surface area contributed by atoms with E-state index < -0.39 is 0 Å². The van der Waals surface area contributed by atoms with Gasteiger partial charge in [0, 0.05) is 32.2 Å². The van der Waals surface area contributed by atoms with Gasteiger partial charge in [0.05, 0.1) is 6.54 Å². The number of nitrogens with two attached hydrogens (primary N) is 1. The zero-order valence-corrected chi connectivity index (χ0v) is 14.0. The Morgan fingerprint density at radius 3 is 2.73 bits per heavy atom. The van der Waals surface area contributed by atoms with Crippen LogP contribution in [0.2, 0.25) is 0 Å². The maximum atomic E-state index is 12.5. The smallest absolute Gasteiger partial charge is 0.237 e. The van der Waals surface area contributed by atoms with Gasteiger partial charge in [-0.15, -0.1) is 12.4 Å². The van der Waals surface area contributed by atoms with Crippen LogP contribution >= 0.6 is 12.4 Å². The van der Waals surface area contributed by atoms with Gasteiger partial charge in [-0.25, -0.2) is 0 Å². The number of likely N-dealkylation sites (tertiary alicyclic amines) is 1. The molecule has 2 atom stereocenters. The van der Waals surface area contributed by atoms with E-state index in [2.05, 4.69) is 36.1 Å². The van der Waals surface area contributed by atoms with Crippen molar-refractivity contribution in [3.63, 3.8) is 0 Å². The standard InChI is InChI=1S/C17H25N3O.ClH/c1-13-10-19(8-7-16(13)18)12-17(21)20-9-6-14-4-2-3-5-15(14)11-20;/h2-5,13,16H,6-12,18H2,1H3;1H. The lowest BCUT2D eigenvalue weighted by molar-refractivity contribution is -0.133. The van der Waals surface area contributed by atoms with Gasteiger partial charge in [0.1, 0.15) is 0 Å². The van der Waals surface area contributed by atoms with Gasteiger partial charge in [0.15, 0.2) is 0 Å². The van der Waals surface area contributed by atoms with Crippen molar-refractivity contribution in [3.05, 3.63) is 35.4 Å². The molecule has 22 heavy (non-hydrogen) atoms. The molecule has 3 rings (SSSR count). The van der Waals surface area contributed by atoms with Crippen LogP contribution in [0.15, 0.2) is 24.3 Å². The molecule has 122 valence electrons. The predicted octanol–water partition coefficient (Wildman–Crippen LogP) is 1.66. The van der Waals surface area contributed by atoms with Crippen LogP contribution in [-0.2, 0) is 17.8 Å². The zero-order valence-electron chi connectivity index (χ0n) is 13.2. The molecule has 5 heteroatoms. The number of nitrogens with zero attached hydrogens (tertiary/aromatic N) is 2. The second-order valence-corrected chi connectivity index (χ2v) is 6.50. The molecule has 1 amide bonds. The highest BCUT2D eigenvalue weighted by molar-refractivity contribution is 5.85. The van der Waals surface area contributed by atoms with E-state index >= 15 is 0 Å². The van der Waals surface area contributed by atoms with Gasteiger partial charge < -0.3 is 10.6 Å². The molecule has 1 fully saturated rings. The molecule has 2 heterocycles. The average Bonchev–Trinajstić information content (AvgIpc) is 2.50. The molecule has 1 aromatic carbocycles. The first-order chi connectivity index (χ1) is 10.1. The number of amides is 1. The molecule has 1 aromatic rings. The Morgan fingerprint density at radius 2 is 2.00 bits per heavy atom. The normalized spacial score (nSPS) is 25.3. The SMILES string of the molecule is CC1CN(CC(=O)N2CCc3ccccc3C2)CCC1N.Cl. The van der Waals surface area contributed by atoms with Crippen molar-refractivity contribution in [1.82, 2.24) is 9.80 Å². The maximum Gasteiger partial charge on any atom is 0.237 e. The summed E-state index contributed by atoms with van der Waals surface area (Å²) in [6.07, 6.45) is 1.97. The molecule has 2 aliphatic rings. The van der Waals surface area contributed by atoms with E-state index in [9.17, 15) is 4.79 Å². The number of halogens is 1. The number of fused-ring (bicyclic) bond motifs is 1. The fourth-order valence-corrected chi connectivity index (χ4v) is 3.39. The largest absolute Gasteiger partial charge is 0.337 e. The molecular formula is C17H26ClN3O. The average molecular weight is 324 g/mol. The Labute approximate surface area is 139 Å². The van der Waals surface area contributed by atoms with Crippen LogP contribution in [0.25, 0.3) is 0 Å². The highest BCUT2D eigenvalue weighted by Crippen LogP contribution is 2.19. The monoisotopic (exact) mass is 323 g/mol. The number of piperidine rings is 1. The van der Waals surface area contributed by atoms with Gasteiger partial charge in [0.25, 0.3) is 0 Å². The first-order valence-electron chi connectivity index (χ1n) is 7.96. The number of hydrogen-bond acceptors (Lipinski definition) is 3. The highest BCUT2D eigenvalue weighted by Gasteiger charge is 2.27. The number of benzene rings is 1. The minimum absolute atomic E-state index is 0. The molecule has 0 radical (unpaired) electrons. The summed E-state index contributed by atoms with van der Waals surface area (Å²) < 4.78 is 0. The number of carbonyl (C=O) groups is 1. The maximum absolute atomic E-state index is 12.5. The van der Waals surface area contributed by atoms with E-state index in [0.717, 1.165) is 39.0 Å². The van der Waals surface area contributed by atoms with E-state index in [4.69, 9.17) is 5.73 Å². The van der Waals surface area contributed by atoms with E-state index in [0.29, 0.717) is 18.5 Å². The third kappa shape index (κ3) is 3.80. The molecule has 0 aliphatic carbocycles. The lowest BCUT2D eigenvalue weighted by Gasteiger charge is -2.36. The Balaban J connectivity index is 0.00000176. The van der Waals surface area contributed by atoms with Crippen LogP contribution < -0.4 is 5.73 Å². The summed E-state index contributed by atoms with van der Waals surface area (Å²) in [5.41, 5.74) is 8.73. The van der Waals surface area contributed by atoms with Gasteiger partial charge in [-0.2, -0.15) is 0 Å². The van der Waals surface area contributed by atoms with E-state index in [1.54, 1.807) is 0 Å². The van der Waals surface area contributed by atoms with Gasteiger partial charge in [-0.3, -0.25) is 9.69 Å². The zero-order chi connectivity index (χ0) is 14.8. The Bertz CT molecular complexity index is 522. The van der Waals surface area contributed by atoms with Crippen molar-refractivity contribution in [3.8, 4) is 0 Å². The number of hydrogen-bond donors (Lipinski definition) is 1. The first-order valence-corrected chi connectivity index (χ1v) is 7.96. The predicted molar refractivity (Wildman–Crippen MR) is 91.0 cm³/mol. The lowest BCUT2D eigenvalue weighted by atomic mass is 9.95. The molecule has 0 spiro atoms. The first kappa shape index (κ1) is 17.3. The van der Waals surface area contributed by atoms with Crippen LogP contribution in [0.1, 0.15) is 24.5 Å². The van der Waals surface area contributed by atoms with Crippen LogP contribution in [0.4, 0.5) is 0 Å². The summed E-state index contributed by atoms with van der Waals surface area (Å²) in [5.74, 6) is 0.737. The van der Waals surface area contributed by atoms with E-state index in [1.807, 2.05) is 4.90 Å². The minimum atomic E-state index is 0. The third-order valence-corrected chi connectivity index (χ3v) is 4.90. The Kier molecular flexibility index (Phi) is 5.84. The molecule has 4 nitrogen and oxygen atoms in total. The summed E-state index contributed by atoms with van der Waals surface area (Å²) in [5, 5.41) is 0. The van der Waals surface area contributed by atoms with Crippen molar-refractivity contribution in [2.75, 3.05) is 26.2 Å².